The fourth-order valence-electron chi connectivity index (χ4n) is 2.32. The van der Waals surface area contributed by atoms with Gasteiger partial charge in [0.05, 0.1) is 13.7 Å². The summed E-state index contributed by atoms with van der Waals surface area (Å²) in [5.74, 6) is 1.58. The van der Waals surface area contributed by atoms with Gasteiger partial charge in [0.1, 0.15) is 5.75 Å². The molecule has 2 rings (SSSR count). The van der Waals surface area contributed by atoms with E-state index in [0.29, 0.717) is 12.0 Å². The Kier molecular flexibility index (Phi) is 5.02. The summed E-state index contributed by atoms with van der Waals surface area (Å²) < 4.78 is 10.7. The molecular formula is C15H23NO2. The van der Waals surface area contributed by atoms with Crippen molar-refractivity contribution in [3.05, 3.63) is 29.8 Å². The van der Waals surface area contributed by atoms with Crippen molar-refractivity contribution in [2.75, 3.05) is 26.9 Å². The fraction of sp³-hybridized carbons (Fsp3) is 0.600. The van der Waals surface area contributed by atoms with Crippen LogP contribution in [0.2, 0.25) is 0 Å². The highest BCUT2D eigenvalue weighted by molar-refractivity contribution is 5.28. The summed E-state index contributed by atoms with van der Waals surface area (Å²) in [7, 11) is 1.69. The molecule has 1 aliphatic rings. The van der Waals surface area contributed by atoms with Gasteiger partial charge in [0.2, 0.25) is 0 Å². The van der Waals surface area contributed by atoms with E-state index in [2.05, 4.69) is 24.4 Å². The maximum atomic E-state index is 5.49. The Bertz CT molecular complexity index is 344. The Balaban J connectivity index is 1.80. The molecule has 100 valence electrons. The summed E-state index contributed by atoms with van der Waals surface area (Å²) in [4.78, 5) is 0. The summed E-state index contributed by atoms with van der Waals surface area (Å²) in [6, 6.07) is 8.63. The number of hydrogen-bond acceptors (Lipinski definition) is 3. The third-order valence-corrected chi connectivity index (χ3v) is 3.58. The van der Waals surface area contributed by atoms with Crippen LogP contribution in [-0.2, 0) is 4.74 Å². The van der Waals surface area contributed by atoms with Crippen molar-refractivity contribution in [2.24, 2.45) is 5.92 Å². The highest BCUT2D eigenvalue weighted by Gasteiger charge is 2.15. The molecule has 0 aromatic heterocycles. The fourth-order valence-corrected chi connectivity index (χ4v) is 2.32. The van der Waals surface area contributed by atoms with E-state index in [1.807, 2.05) is 12.1 Å². The number of rotatable bonds is 5. The van der Waals surface area contributed by atoms with E-state index in [1.165, 1.54) is 18.4 Å². The molecule has 1 fully saturated rings. The minimum absolute atomic E-state index is 0.373. The summed E-state index contributed by atoms with van der Waals surface area (Å²) in [5, 5.41) is 3.59. The van der Waals surface area contributed by atoms with Gasteiger partial charge in [-0.1, -0.05) is 12.1 Å². The first-order valence-corrected chi connectivity index (χ1v) is 6.74. The Hall–Kier alpha value is -1.06. The van der Waals surface area contributed by atoms with Gasteiger partial charge in [-0.2, -0.15) is 0 Å². The number of benzene rings is 1. The molecule has 1 saturated heterocycles. The van der Waals surface area contributed by atoms with Gasteiger partial charge in [0.25, 0.3) is 0 Å². The zero-order valence-corrected chi connectivity index (χ0v) is 11.3. The molecule has 0 amide bonds. The normalized spacial score (nSPS) is 21.6. The van der Waals surface area contributed by atoms with Crippen molar-refractivity contribution >= 4 is 0 Å². The van der Waals surface area contributed by atoms with Crippen molar-refractivity contribution in [1.29, 1.82) is 0 Å². The lowest BCUT2D eigenvalue weighted by molar-refractivity contribution is 0.0540. The van der Waals surface area contributed by atoms with Crippen LogP contribution in [0.5, 0.6) is 5.75 Å². The lowest BCUT2D eigenvalue weighted by atomic mass is 10.0. The Morgan fingerprint density at radius 2 is 2.17 bits per heavy atom. The predicted octanol–water partition coefficient (Wildman–Crippen LogP) is 2.77. The first kappa shape index (κ1) is 13.4. The number of hydrogen-bond donors (Lipinski definition) is 1. The molecule has 1 aliphatic heterocycles. The van der Waals surface area contributed by atoms with Crippen molar-refractivity contribution < 1.29 is 9.47 Å². The molecular weight excluding hydrogens is 226 g/mol. The van der Waals surface area contributed by atoms with E-state index in [-0.39, 0.29) is 0 Å². The molecule has 3 heteroatoms. The second kappa shape index (κ2) is 6.76. The Labute approximate surface area is 109 Å². The lowest BCUT2D eigenvalue weighted by Gasteiger charge is -2.24. The van der Waals surface area contributed by atoms with Crippen LogP contribution in [0.3, 0.4) is 0 Å². The molecule has 1 aromatic carbocycles. The standard InChI is InChI=1S/C15H23NO2/c1-12(14-5-7-15(17-2)8-6-14)16-10-13-4-3-9-18-11-13/h5-8,12-13,16H,3-4,9-11H2,1-2H3. The molecule has 1 N–H and O–H groups in total. The monoisotopic (exact) mass is 249 g/mol. The number of methoxy groups -OCH3 is 1. The van der Waals surface area contributed by atoms with Gasteiger partial charge in [-0.25, -0.2) is 0 Å². The highest BCUT2D eigenvalue weighted by atomic mass is 16.5. The van der Waals surface area contributed by atoms with E-state index >= 15 is 0 Å². The van der Waals surface area contributed by atoms with Crippen molar-refractivity contribution in [2.45, 2.75) is 25.8 Å². The smallest absolute Gasteiger partial charge is 0.118 e. The van der Waals surface area contributed by atoms with Crippen molar-refractivity contribution in [1.82, 2.24) is 5.32 Å². The SMILES string of the molecule is COc1ccc(C(C)NCC2CCCOC2)cc1. The molecule has 1 aromatic rings. The average Bonchev–Trinajstić information content (AvgIpc) is 2.46. The third kappa shape index (κ3) is 3.72. The third-order valence-electron chi connectivity index (χ3n) is 3.58. The van der Waals surface area contributed by atoms with Crippen LogP contribution in [0.25, 0.3) is 0 Å². The van der Waals surface area contributed by atoms with Gasteiger partial charge in [-0.15, -0.1) is 0 Å². The summed E-state index contributed by atoms with van der Waals surface area (Å²) >= 11 is 0. The summed E-state index contributed by atoms with van der Waals surface area (Å²) in [5.41, 5.74) is 1.30. The van der Waals surface area contributed by atoms with Crippen LogP contribution < -0.4 is 10.1 Å². The van der Waals surface area contributed by atoms with Crippen LogP contribution in [-0.4, -0.2) is 26.9 Å². The van der Waals surface area contributed by atoms with Gasteiger partial charge in [0, 0.05) is 19.2 Å². The van der Waals surface area contributed by atoms with Crippen LogP contribution >= 0.6 is 0 Å². The molecule has 18 heavy (non-hydrogen) atoms. The second-order valence-corrected chi connectivity index (χ2v) is 4.99. The van der Waals surface area contributed by atoms with Gasteiger partial charge < -0.3 is 14.8 Å². The van der Waals surface area contributed by atoms with Crippen LogP contribution in [0.4, 0.5) is 0 Å². The first-order chi connectivity index (χ1) is 8.79. The maximum absolute atomic E-state index is 5.49. The summed E-state index contributed by atoms with van der Waals surface area (Å²) in [6.45, 7) is 5.07. The number of ether oxygens (including phenoxy) is 2. The quantitative estimate of drug-likeness (QED) is 0.870. The van der Waals surface area contributed by atoms with Gasteiger partial charge in [-0.3, -0.25) is 0 Å². The molecule has 0 radical (unpaired) electrons. The van der Waals surface area contributed by atoms with Gasteiger partial charge >= 0.3 is 0 Å². The van der Waals surface area contributed by atoms with E-state index in [0.717, 1.165) is 25.5 Å². The molecule has 2 atom stereocenters. The minimum atomic E-state index is 0.373. The van der Waals surface area contributed by atoms with Crippen LogP contribution in [0.15, 0.2) is 24.3 Å². The highest BCUT2D eigenvalue weighted by Crippen LogP contribution is 2.18. The molecule has 0 bridgehead atoms. The second-order valence-electron chi connectivity index (χ2n) is 4.99. The minimum Gasteiger partial charge on any atom is -0.497 e. The predicted molar refractivity (Wildman–Crippen MR) is 73.0 cm³/mol. The maximum Gasteiger partial charge on any atom is 0.118 e. The molecule has 0 saturated carbocycles. The van der Waals surface area contributed by atoms with Crippen LogP contribution in [0.1, 0.15) is 31.4 Å². The van der Waals surface area contributed by atoms with Crippen molar-refractivity contribution in [3.63, 3.8) is 0 Å². The van der Waals surface area contributed by atoms with Crippen LogP contribution in [0, 0.1) is 5.92 Å². The summed E-state index contributed by atoms with van der Waals surface area (Å²) in [6.07, 6.45) is 2.48. The molecule has 3 nitrogen and oxygen atoms in total. The van der Waals surface area contributed by atoms with E-state index in [9.17, 15) is 0 Å². The lowest BCUT2D eigenvalue weighted by Crippen LogP contribution is -2.30. The first-order valence-electron chi connectivity index (χ1n) is 6.74. The van der Waals surface area contributed by atoms with E-state index in [4.69, 9.17) is 9.47 Å². The largest absolute Gasteiger partial charge is 0.497 e. The topological polar surface area (TPSA) is 30.5 Å². The molecule has 0 spiro atoms. The van der Waals surface area contributed by atoms with Gasteiger partial charge in [-0.05, 0) is 43.4 Å². The van der Waals surface area contributed by atoms with Gasteiger partial charge in [0.15, 0.2) is 0 Å². The Morgan fingerprint density at radius 3 is 2.78 bits per heavy atom. The molecule has 1 heterocycles. The Morgan fingerprint density at radius 1 is 1.39 bits per heavy atom. The average molecular weight is 249 g/mol. The zero-order chi connectivity index (χ0) is 12.8. The zero-order valence-electron chi connectivity index (χ0n) is 11.3. The van der Waals surface area contributed by atoms with E-state index in [1.54, 1.807) is 7.11 Å². The number of nitrogens with one attached hydrogen (secondary N) is 1. The molecule has 0 aliphatic carbocycles. The van der Waals surface area contributed by atoms with E-state index < -0.39 is 0 Å². The van der Waals surface area contributed by atoms with Crippen molar-refractivity contribution in [3.8, 4) is 5.75 Å². The molecule has 2 unspecified atom stereocenters.